The molecule has 2 aromatic heterocycles. The number of carbonyl (C=O) groups is 1. The molecule has 6 rings (SSSR count). The molecule has 7 heteroatoms. The highest BCUT2D eigenvalue weighted by Gasteiger charge is 2.34. The smallest absolute Gasteiger partial charge is 0.250 e. The molecule has 0 radical (unpaired) electrons. The summed E-state index contributed by atoms with van der Waals surface area (Å²) in [4.78, 5) is 29.4. The normalized spacial score (nSPS) is 22.3. The van der Waals surface area contributed by atoms with Gasteiger partial charge in [-0.1, -0.05) is 24.3 Å². The molecular weight excluding hydrogens is 440 g/mol. The molecule has 0 spiro atoms. The molecule has 2 saturated heterocycles. The summed E-state index contributed by atoms with van der Waals surface area (Å²) in [5.41, 5.74) is 3.92. The number of likely N-dealkylation sites (tertiary alicyclic amines) is 1. The number of pyridine rings is 1. The number of rotatable bonds is 6. The number of piperidine rings is 1. The molecule has 2 fully saturated rings. The molecule has 5 heterocycles. The van der Waals surface area contributed by atoms with Crippen molar-refractivity contribution in [2.24, 2.45) is 5.92 Å². The summed E-state index contributed by atoms with van der Waals surface area (Å²) in [5, 5.41) is 1.29. The first-order chi connectivity index (χ1) is 17.2. The molecular formula is C28H34N4O3. The molecule has 3 aromatic rings. The minimum absolute atomic E-state index is 0.138. The maximum atomic E-state index is 12.6. The first-order valence-corrected chi connectivity index (χ1v) is 13.0. The van der Waals surface area contributed by atoms with Crippen molar-refractivity contribution in [1.82, 2.24) is 18.9 Å². The van der Waals surface area contributed by atoms with Crippen LogP contribution in [0.2, 0.25) is 0 Å². The summed E-state index contributed by atoms with van der Waals surface area (Å²) in [5.74, 6) is 1.19. The lowest BCUT2D eigenvalue weighted by Crippen LogP contribution is -2.47. The predicted molar refractivity (Wildman–Crippen MR) is 135 cm³/mol. The van der Waals surface area contributed by atoms with Gasteiger partial charge >= 0.3 is 0 Å². The van der Waals surface area contributed by atoms with Crippen LogP contribution >= 0.6 is 0 Å². The second-order valence-electron chi connectivity index (χ2n) is 10.4. The van der Waals surface area contributed by atoms with E-state index in [9.17, 15) is 9.59 Å². The number of benzene rings is 1. The first-order valence-electron chi connectivity index (χ1n) is 13.0. The van der Waals surface area contributed by atoms with Crippen molar-refractivity contribution in [3.05, 3.63) is 70.3 Å². The number of nitrogens with zero attached hydrogens (tertiary/aromatic N) is 4. The molecule has 3 aliphatic rings. The van der Waals surface area contributed by atoms with Crippen LogP contribution in [0.5, 0.6) is 0 Å². The Balaban J connectivity index is 1.15. The Hall–Kier alpha value is -2.90. The van der Waals surface area contributed by atoms with Crippen LogP contribution in [0.4, 0.5) is 0 Å². The SMILES string of the molecule is O=C(CCCc1cn(CN2C[C@H]3C[C@H](C2)c2cccc(=O)n2C3)c2ccccc12)N1CCOCC1. The Labute approximate surface area is 205 Å². The van der Waals surface area contributed by atoms with Gasteiger partial charge in [-0.2, -0.15) is 0 Å². The van der Waals surface area contributed by atoms with Gasteiger partial charge in [0.2, 0.25) is 5.91 Å². The molecule has 0 unspecified atom stereocenters. The molecule has 0 saturated carbocycles. The Morgan fingerprint density at radius 2 is 1.86 bits per heavy atom. The molecule has 0 aliphatic carbocycles. The highest BCUT2D eigenvalue weighted by molar-refractivity contribution is 5.84. The summed E-state index contributed by atoms with van der Waals surface area (Å²) in [6, 6.07) is 14.4. The lowest BCUT2D eigenvalue weighted by molar-refractivity contribution is -0.135. The van der Waals surface area contributed by atoms with Crippen molar-refractivity contribution >= 4 is 16.8 Å². The summed E-state index contributed by atoms with van der Waals surface area (Å²) < 4.78 is 9.75. The number of aromatic nitrogens is 2. The fourth-order valence-electron chi connectivity index (χ4n) is 6.37. The highest BCUT2D eigenvalue weighted by Crippen LogP contribution is 2.35. The van der Waals surface area contributed by atoms with E-state index in [1.165, 1.54) is 28.6 Å². The number of para-hydroxylation sites is 1. The second kappa shape index (κ2) is 9.63. The van der Waals surface area contributed by atoms with Gasteiger partial charge in [0.1, 0.15) is 0 Å². The van der Waals surface area contributed by atoms with E-state index >= 15 is 0 Å². The van der Waals surface area contributed by atoms with Crippen LogP contribution in [0.1, 0.15) is 36.4 Å². The minimum atomic E-state index is 0.138. The van der Waals surface area contributed by atoms with E-state index in [1.807, 2.05) is 15.5 Å². The largest absolute Gasteiger partial charge is 0.378 e. The quantitative estimate of drug-likeness (QED) is 0.551. The van der Waals surface area contributed by atoms with Crippen molar-refractivity contribution in [3.8, 4) is 0 Å². The average Bonchev–Trinajstić information content (AvgIpc) is 3.22. The number of amides is 1. The Morgan fingerprint density at radius 1 is 1.00 bits per heavy atom. The van der Waals surface area contributed by atoms with Crippen LogP contribution < -0.4 is 5.56 Å². The van der Waals surface area contributed by atoms with Gasteiger partial charge in [0.25, 0.3) is 5.56 Å². The summed E-state index contributed by atoms with van der Waals surface area (Å²) in [6.07, 6.45) is 5.84. The van der Waals surface area contributed by atoms with Crippen molar-refractivity contribution in [1.29, 1.82) is 0 Å². The summed E-state index contributed by atoms with van der Waals surface area (Å²) in [7, 11) is 0. The number of hydrogen-bond donors (Lipinski definition) is 0. The van der Waals surface area contributed by atoms with Gasteiger partial charge in [0.05, 0.1) is 19.9 Å². The summed E-state index contributed by atoms with van der Waals surface area (Å²) >= 11 is 0. The molecule has 1 amide bonds. The predicted octanol–water partition coefficient (Wildman–Crippen LogP) is 3.06. The molecule has 184 valence electrons. The van der Waals surface area contributed by atoms with Gasteiger partial charge in [-0.05, 0) is 42.9 Å². The lowest BCUT2D eigenvalue weighted by atomic mass is 9.83. The van der Waals surface area contributed by atoms with Crippen LogP contribution in [-0.2, 0) is 29.2 Å². The fraction of sp³-hybridized carbons (Fsp3) is 0.500. The Morgan fingerprint density at radius 3 is 2.74 bits per heavy atom. The molecule has 7 nitrogen and oxygen atoms in total. The van der Waals surface area contributed by atoms with Crippen molar-refractivity contribution < 1.29 is 9.53 Å². The summed E-state index contributed by atoms with van der Waals surface area (Å²) in [6.45, 7) is 6.43. The van der Waals surface area contributed by atoms with E-state index in [0.29, 0.717) is 31.5 Å². The highest BCUT2D eigenvalue weighted by atomic mass is 16.5. The molecule has 2 atom stereocenters. The van der Waals surface area contributed by atoms with E-state index < -0.39 is 0 Å². The third kappa shape index (κ3) is 4.55. The monoisotopic (exact) mass is 474 g/mol. The maximum absolute atomic E-state index is 12.6. The van der Waals surface area contributed by atoms with E-state index in [0.717, 1.165) is 52.2 Å². The van der Waals surface area contributed by atoms with E-state index in [-0.39, 0.29) is 11.5 Å². The second-order valence-corrected chi connectivity index (χ2v) is 10.4. The minimum Gasteiger partial charge on any atom is -0.378 e. The zero-order valence-corrected chi connectivity index (χ0v) is 20.3. The average molecular weight is 475 g/mol. The molecule has 1 aromatic carbocycles. The van der Waals surface area contributed by atoms with Crippen LogP contribution in [0, 0.1) is 5.92 Å². The van der Waals surface area contributed by atoms with Gasteiger partial charge in [-0.3, -0.25) is 14.5 Å². The number of hydrogen-bond acceptors (Lipinski definition) is 4. The van der Waals surface area contributed by atoms with E-state index in [2.05, 4.69) is 46.0 Å². The van der Waals surface area contributed by atoms with Crippen LogP contribution in [0.15, 0.2) is 53.5 Å². The zero-order valence-electron chi connectivity index (χ0n) is 20.3. The maximum Gasteiger partial charge on any atom is 0.250 e. The van der Waals surface area contributed by atoms with Crippen LogP contribution in [0.3, 0.4) is 0 Å². The van der Waals surface area contributed by atoms with E-state index in [4.69, 9.17) is 4.74 Å². The standard InChI is InChI=1S/C28H34N4O3/c33-27(30-11-13-35-14-12-30)9-3-5-22-19-31(26-7-2-1-6-24(22)26)20-29-16-21-15-23(18-29)25-8-4-10-28(34)32(25)17-21/h1-2,4,6-8,10,19,21,23H,3,5,9,11-18,20H2/t21-,23-/m1/s1. The molecule has 2 bridgehead atoms. The number of fused-ring (bicyclic) bond motifs is 5. The molecule has 3 aliphatic heterocycles. The Bertz CT molecular complexity index is 1270. The van der Waals surface area contributed by atoms with Crippen LogP contribution in [0.25, 0.3) is 10.9 Å². The zero-order chi connectivity index (χ0) is 23.8. The number of ether oxygens (including phenoxy) is 1. The van der Waals surface area contributed by atoms with Gasteiger partial charge in [-0.25, -0.2) is 0 Å². The van der Waals surface area contributed by atoms with Gasteiger partial charge < -0.3 is 18.8 Å². The number of morpholine rings is 1. The van der Waals surface area contributed by atoms with Gasteiger partial charge in [0, 0.05) is 73.9 Å². The van der Waals surface area contributed by atoms with Gasteiger partial charge in [0.15, 0.2) is 0 Å². The van der Waals surface area contributed by atoms with Crippen LogP contribution in [-0.4, -0.2) is 64.2 Å². The molecule has 35 heavy (non-hydrogen) atoms. The molecule has 0 N–H and O–H groups in total. The fourth-order valence-corrected chi connectivity index (χ4v) is 6.37. The Kier molecular flexibility index (Phi) is 6.20. The third-order valence-corrected chi connectivity index (χ3v) is 7.98. The van der Waals surface area contributed by atoms with Crippen molar-refractivity contribution in [3.63, 3.8) is 0 Å². The number of carbonyl (C=O) groups excluding carboxylic acids is 1. The van der Waals surface area contributed by atoms with Crippen molar-refractivity contribution in [2.75, 3.05) is 39.4 Å². The lowest BCUT2D eigenvalue weighted by Gasteiger charge is -2.42. The van der Waals surface area contributed by atoms with Gasteiger partial charge in [-0.15, -0.1) is 0 Å². The first kappa shape index (κ1) is 22.6. The third-order valence-electron chi connectivity index (χ3n) is 7.98. The topological polar surface area (TPSA) is 59.7 Å². The van der Waals surface area contributed by atoms with Crippen molar-refractivity contribution in [2.45, 2.75) is 44.8 Å². The van der Waals surface area contributed by atoms with E-state index in [1.54, 1.807) is 6.07 Å². The number of aryl methyl sites for hydroxylation is 1.